The molecule has 3 rings (SSSR count). The first kappa shape index (κ1) is 20.4. The quantitative estimate of drug-likeness (QED) is 0.685. The minimum atomic E-state index is -0.0533. The largest absolute Gasteiger partial charge is 0.339 e. The van der Waals surface area contributed by atoms with Crippen LogP contribution in [0.25, 0.3) is 0 Å². The number of amides is 2. The molecule has 1 heterocycles. The fourth-order valence-electron chi connectivity index (χ4n) is 3.65. The van der Waals surface area contributed by atoms with E-state index < -0.39 is 0 Å². The minimum absolute atomic E-state index is 0.0487. The fourth-order valence-corrected chi connectivity index (χ4v) is 3.86. The normalized spacial score (nSPS) is 14.7. The summed E-state index contributed by atoms with van der Waals surface area (Å²) in [5.74, 6) is 0.0687. The molecule has 1 aliphatic rings. The number of benzene rings is 2. The Morgan fingerprint density at radius 3 is 2.32 bits per heavy atom. The summed E-state index contributed by atoms with van der Waals surface area (Å²) >= 11 is 6.17. The number of anilines is 1. The molecule has 5 heteroatoms. The molecule has 4 nitrogen and oxygen atoms in total. The number of rotatable bonds is 6. The predicted octanol–water partition coefficient (Wildman–Crippen LogP) is 5.03. The summed E-state index contributed by atoms with van der Waals surface area (Å²) in [6, 6.07) is 17.0. The second-order valence-corrected chi connectivity index (χ2v) is 7.63. The molecule has 148 valence electrons. The van der Waals surface area contributed by atoms with Crippen molar-refractivity contribution >= 4 is 29.1 Å². The first-order valence-electron chi connectivity index (χ1n) is 10.0. The molecule has 2 aromatic carbocycles. The van der Waals surface area contributed by atoms with Crippen molar-refractivity contribution < 1.29 is 9.59 Å². The third-order valence-electron chi connectivity index (χ3n) is 5.30. The van der Waals surface area contributed by atoms with Crippen molar-refractivity contribution in [2.24, 2.45) is 5.92 Å². The molecule has 28 heavy (non-hydrogen) atoms. The number of hydrogen-bond donors (Lipinski definition) is 0. The van der Waals surface area contributed by atoms with Gasteiger partial charge in [0.1, 0.15) is 0 Å². The second kappa shape index (κ2) is 9.74. The third-order valence-corrected chi connectivity index (χ3v) is 5.63. The number of carbonyl (C=O) groups is 2. The van der Waals surface area contributed by atoms with Crippen LogP contribution in [0.4, 0.5) is 5.69 Å². The zero-order valence-electron chi connectivity index (χ0n) is 16.3. The Kier molecular flexibility index (Phi) is 7.10. The van der Waals surface area contributed by atoms with Crippen LogP contribution in [0.5, 0.6) is 0 Å². The summed E-state index contributed by atoms with van der Waals surface area (Å²) in [5, 5.41) is 0.473. The van der Waals surface area contributed by atoms with Crippen molar-refractivity contribution in [1.82, 2.24) is 4.90 Å². The molecule has 2 aromatic rings. The van der Waals surface area contributed by atoms with Crippen LogP contribution in [0.15, 0.2) is 54.6 Å². The highest BCUT2D eigenvalue weighted by molar-refractivity contribution is 6.33. The van der Waals surface area contributed by atoms with E-state index >= 15 is 0 Å². The van der Waals surface area contributed by atoms with E-state index in [0.717, 1.165) is 25.1 Å². The highest BCUT2D eigenvalue weighted by Gasteiger charge is 2.31. The monoisotopic (exact) mass is 398 g/mol. The Balaban J connectivity index is 1.65. The molecule has 0 saturated carbocycles. The molecule has 1 fully saturated rings. The number of halogens is 1. The average molecular weight is 399 g/mol. The van der Waals surface area contributed by atoms with Gasteiger partial charge in [-0.1, -0.05) is 55.3 Å². The maximum atomic E-state index is 13.2. The number of nitrogens with zero attached hydrogens (tertiary/aromatic N) is 2. The van der Waals surface area contributed by atoms with Gasteiger partial charge in [-0.15, -0.1) is 0 Å². The lowest BCUT2D eigenvalue weighted by atomic mass is 9.94. The van der Waals surface area contributed by atoms with Crippen LogP contribution in [-0.4, -0.2) is 36.3 Å². The van der Waals surface area contributed by atoms with Crippen LogP contribution in [0.3, 0.4) is 0 Å². The van der Waals surface area contributed by atoms with E-state index in [2.05, 4.69) is 6.92 Å². The molecule has 1 aliphatic heterocycles. The average Bonchev–Trinajstić information content (AvgIpc) is 2.74. The summed E-state index contributed by atoms with van der Waals surface area (Å²) in [7, 11) is 0. The Bertz CT molecular complexity index is 801. The third kappa shape index (κ3) is 4.74. The van der Waals surface area contributed by atoms with Crippen LogP contribution in [0.2, 0.25) is 5.02 Å². The topological polar surface area (TPSA) is 40.6 Å². The van der Waals surface area contributed by atoms with Gasteiger partial charge in [0.2, 0.25) is 5.91 Å². The number of hydrogen-bond acceptors (Lipinski definition) is 2. The van der Waals surface area contributed by atoms with Gasteiger partial charge in [0, 0.05) is 31.2 Å². The standard InChI is InChI=1S/C23H27ClN2O2/c1-2-3-15-26(19-9-5-4-6-10-19)22(27)18-13-16-25(17-14-18)23(28)20-11-7-8-12-21(20)24/h4-12,18H,2-3,13-17H2,1H3. The number of piperidine rings is 1. The van der Waals surface area contributed by atoms with E-state index in [1.54, 1.807) is 12.1 Å². The lowest BCUT2D eigenvalue weighted by molar-refractivity contribution is -0.123. The van der Waals surface area contributed by atoms with Gasteiger partial charge in [-0.25, -0.2) is 0 Å². The second-order valence-electron chi connectivity index (χ2n) is 7.23. The zero-order chi connectivity index (χ0) is 19.9. The van der Waals surface area contributed by atoms with Crippen LogP contribution in [-0.2, 0) is 4.79 Å². The highest BCUT2D eigenvalue weighted by atomic mass is 35.5. The van der Waals surface area contributed by atoms with Crippen molar-refractivity contribution in [3.8, 4) is 0 Å². The van der Waals surface area contributed by atoms with E-state index in [4.69, 9.17) is 11.6 Å². The Labute approximate surface area is 172 Å². The van der Waals surface area contributed by atoms with Crippen LogP contribution in [0.1, 0.15) is 43.0 Å². The first-order chi connectivity index (χ1) is 13.6. The SMILES string of the molecule is CCCCN(C(=O)C1CCN(C(=O)c2ccccc2Cl)CC1)c1ccccc1. The van der Waals surface area contributed by atoms with Gasteiger partial charge in [-0.05, 0) is 43.5 Å². The number of carbonyl (C=O) groups excluding carboxylic acids is 2. The Morgan fingerprint density at radius 1 is 1.04 bits per heavy atom. The van der Waals surface area contributed by atoms with Gasteiger partial charge in [-0.3, -0.25) is 9.59 Å². The Hall–Kier alpha value is -2.33. The Morgan fingerprint density at radius 2 is 1.68 bits per heavy atom. The molecule has 0 radical (unpaired) electrons. The lowest BCUT2D eigenvalue weighted by Gasteiger charge is -2.34. The highest BCUT2D eigenvalue weighted by Crippen LogP contribution is 2.26. The van der Waals surface area contributed by atoms with E-state index in [-0.39, 0.29) is 17.7 Å². The number of likely N-dealkylation sites (tertiary alicyclic amines) is 1. The van der Waals surface area contributed by atoms with Gasteiger partial charge < -0.3 is 9.80 Å². The molecular formula is C23H27ClN2O2. The molecular weight excluding hydrogens is 372 g/mol. The fraction of sp³-hybridized carbons (Fsp3) is 0.391. The van der Waals surface area contributed by atoms with Gasteiger partial charge in [0.05, 0.1) is 10.6 Å². The summed E-state index contributed by atoms with van der Waals surface area (Å²) in [6.45, 7) is 4.03. The van der Waals surface area contributed by atoms with Crippen molar-refractivity contribution in [3.05, 3.63) is 65.2 Å². The van der Waals surface area contributed by atoms with Crippen LogP contribution in [0, 0.1) is 5.92 Å². The molecule has 0 bridgehead atoms. The number of unbranched alkanes of at least 4 members (excludes halogenated alkanes) is 1. The molecule has 2 amide bonds. The minimum Gasteiger partial charge on any atom is -0.339 e. The molecule has 0 atom stereocenters. The maximum absolute atomic E-state index is 13.2. The van der Waals surface area contributed by atoms with Gasteiger partial charge in [0.25, 0.3) is 5.91 Å². The zero-order valence-corrected chi connectivity index (χ0v) is 17.1. The van der Waals surface area contributed by atoms with Gasteiger partial charge in [0.15, 0.2) is 0 Å². The van der Waals surface area contributed by atoms with E-state index in [1.807, 2.05) is 52.3 Å². The van der Waals surface area contributed by atoms with Crippen molar-refractivity contribution in [3.63, 3.8) is 0 Å². The molecule has 0 aliphatic carbocycles. The summed E-state index contributed by atoms with van der Waals surface area (Å²) in [4.78, 5) is 29.7. The summed E-state index contributed by atoms with van der Waals surface area (Å²) in [6.07, 6.45) is 3.39. The van der Waals surface area contributed by atoms with Crippen LogP contribution < -0.4 is 4.90 Å². The molecule has 0 unspecified atom stereocenters. The first-order valence-corrected chi connectivity index (χ1v) is 10.4. The van der Waals surface area contributed by atoms with E-state index in [1.165, 1.54) is 0 Å². The molecule has 1 saturated heterocycles. The summed E-state index contributed by atoms with van der Waals surface area (Å²) in [5.41, 5.74) is 1.48. The smallest absolute Gasteiger partial charge is 0.255 e. The van der Waals surface area contributed by atoms with Crippen LogP contribution >= 0.6 is 11.6 Å². The molecule has 0 spiro atoms. The van der Waals surface area contributed by atoms with E-state index in [9.17, 15) is 9.59 Å². The van der Waals surface area contributed by atoms with Crippen molar-refractivity contribution in [1.29, 1.82) is 0 Å². The van der Waals surface area contributed by atoms with Gasteiger partial charge >= 0.3 is 0 Å². The molecule has 0 N–H and O–H groups in total. The lowest BCUT2D eigenvalue weighted by Crippen LogP contribution is -2.45. The summed E-state index contributed by atoms with van der Waals surface area (Å²) < 4.78 is 0. The predicted molar refractivity (Wildman–Crippen MR) is 114 cm³/mol. The van der Waals surface area contributed by atoms with Crippen molar-refractivity contribution in [2.75, 3.05) is 24.5 Å². The van der Waals surface area contributed by atoms with E-state index in [0.29, 0.717) is 36.5 Å². The number of para-hydroxylation sites is 1. The maximum Gasteiger partial charge on any atom is 0.255 e. The molecule has 0 aromatic heterocycles. The van der Waals surface area contributed by atoms with Crippen molar-refractivity contribution in [2.45, 2.75) is 32.6 Å². The van der Waals surface area contributed by atoms with Gasteiger partial charge in [-0.2, -0.15) is 0 Å².